The van der Waals surface area contributed by atoms with Gasteiger partial charge in [-0.2, -0.15) is 17.9 Å². The van der Waals surface area contributed by atoms with Crippen molar-refractivity contribution < 1.29 is 31.5 Å². The van der Waals surface area contributed by atoms with Gasteiger partial charge in [-0.25, -0.2) is 8.42 Å². The Morgan fingerprint density at radius 1 is 1.30 bits per heavy atom. The van der Waals surface area contributed by atoms with Gasteiger partial charge in [-0.05, 0) is 24.3 Å². The van der Waals surface area contributed by atoms with E-state index in [1.54, 1.807) is 4.72 Å². The molecule has 6 nitrogen and oxygen atoms in total. The Balaban J connectivity index is 3.02. The summed E-state index contributed by atoms with van der Waals surface area (Å²) in [5.41, 5.74) is 4.07. The van der Waals surface area contributed by atoms with Crippen LogP contribution in [0.2, 0.25) is 0 Å². The molecule has 0 saturated carbocycles. The molecule has 0 saturated heterocycles. The Bertz CT molecular complexity index is 584. The molecule has 0 amide bonds. The van der Waals surface area contributed by atoms with E-state index >= 15 is 0 Å². The van der Waals surface area contributed by atoms with Crippen molar-refractivity contribution in [2.24, 2.45) is 5.73 Å². The van der Waals surface area contributed by atoms with Crippen LogP contribution in [0, 0.1) is 0 Å². The summed E-state index contributed by atoms with van der Waals surface area (Å²) in [6.45, 7) is -0.491. The highest BCUT2D eigenvalue weighted by Gasteiger charge is 2.31. The Morgan fingerprint density at radius 3 is 2.15 bits per heavy atom. The first-order valence-corrected chi connectivity index (χ1v) is 6.68. The number of aliphatic carboxylic acids is 1. The van der Waals surface area contributed by atoms with E-state index < -0.39 is 45.2 Å². The topological polar surface area (TPSA) is 109 Å². The maximum absolute atomic E-state index is 12.3. The molecule has 0 fully saturated rings. The molecule has 0 aliphatic heterocycles. The third kappa shape index (κ3) is 3.92. The summed E-state index contributed by atoms with van der Waals surface area (Å²) in [5.74, 6) is -1.48. The molecule has 20 heavy (non-hydrogen) atoms. The van der Waals surface area contributed by atoms with Gasteiger partial charge in [0.2, 0.25) is 10.0 Å². The molecule has 0 radical (unpaired) electrons. The van der Waals surface area contributed by atoms with Crippen molar-refractivity contribution in [1.29, 1.82) is 0 Å². The summed E-state index contributed by atoms with van der Waals surface area (Å²) < 4.78 is 62.3. The van der Waals surface area contributed by atoms with Crippen LogP contribution in [0.25, 0.3) is 0 Å². The van der Waals surface area contributed by atoms with Gasteiger partial charge in [-0.1, -0.05) is 0 Å². The molecule has 0 bridgehead atoms. The van der Waals surface area contributed by atoms with Crippen molar-refractivity contribution in [2.45, 2.75) is 17.1 Å². The van der Waals surface area contributed by atoms with Gasteiger partial charge in [0.05, 0.1) is 10.5 Å². The SMILES string of the molecule is NCC(NS(=O)(=O)c1ccc(C(F)(F)F)cc1)C(=O)O. The summed E-state index contributed by atoms with van der Waals surface area (Å²) in [5, 5.41) is 8.68. The van der Waals surface area contributed by atoms with E-state index in [1.165, 1.54) is 0 Å². The average molecular weight is 312 g/mol. The number of benzene rings is 1. The quantitative estimate of drug-likeness (QED) is 0.729. The second-order valence-corrected chi connectivity index (χ2v) is 5.48. The molecule has 112 valence electrons. The van der Waals surface area contributed by atoms with E-state index in [0.29, 0.717) is 12.1 Å². The molecule has 0 aliphatic carbocycles. The van der Waals surface area contributed by atoms with Gasteiger partial charge in [0.15, 0.2) is 0 Å². The standard InChI is InChI=1S/C10H11F3N2O4S/c11-10(12,13)6-1-3-7(4-2-6)20(18,19)15-8(5-14)9(16)17/h1-4,8,15H,5,14H2,(H,16,17). The summed E-state index contributed by atoms with van der Waals surface area (Å²) in [6, 6.07) is 1.10. The number of nitrogens with one attached hydrogen (secondary N) is 1. The lowest BCUT2D eigenvalue weighted by Crippen LogP contribution is -2.45. The van der Waals surface area contributed by atoms with E-state index in [9.17, 15) is 26.4 Å². The highest BCUT2D eigenvalue weighted by Crippen LogP contribution is 2.29. The van der Waals surface area contributed by atoms with E-state index in [0.717, 1.165) is 12.1 Å². The number of nitrogens with two attached hydrogens (primary N) is 1. The fraction of sp³-hybridized carbons (Fsp3) is 0.300. The summed E-state index contributed by atoms with van der Waals surface area (Å²) in [6.07, 6.45) is -4.59. The van der Waals surface area contributed by atoms with Crippen molar-refractivity contribution in [3.8, 4) is 0 Å². The van der Waals surface area contributed by atoms with Gasteiger partial charge >= 0.3 is 12.1 Å². The van der Waals surface area contributed by atoms with Crippen LogP contribution in [0.4, 0.5) is 13.2 Å². The number of alkyl halides is 3. The maximum atomic E-state index is 12.3. The second-order valence-electron chi connectivity index (χ2n) is 3.77. The van der Waals surface area contributed by atoms with Gasteiger partial charge in [0.1, 0.15) is 6.04 Å². The predicted octanol–water partition coefficient (Wildman–Crippen LogP) is 0.396. The summed E-state index contributed by atoms with van der Waals surface area (Å²) >= 11 is 0. The third-order valence-corrected chi connectivity index (χ3v) is 3.81. The van der Waals surface area contributed by atoms with Crippen molar-refractivity contribution in [2.75, 3.05) is 6.54 Å². The molecular weight excluding hydrogens is 301 g/mol. The lowest BCUT2D eigenvalue weighted by molar-refractivity contribution is -0.139. The van der Waals surface area contributed by atoms with E-state index in [-0.39, 0.29) is 0 Å². The van der Waals surface area contributed by atoms with Crippen LogP contribution >= 0.6 is 0 Å². The minimum absolute atomic E-state index is 0.481. The van der Waals surface area contributed by atoms with Crippen LogP contribution in [0.15, 0.2) is 29.2 Å². The molecule has 4 N–H and O–H groups in total. The number of hydrogen-bond acceptors (Lipinski definition) is 4. The third-order valence-electron chi connectivity index (χ3n) is 2.32. The van der Waals surface area contributed by atoms with Gasteiger partial charge in [-0.3, -0.25) is 4.79 Å². The second kappa shape index (κ2) is 5.77. The zero-order chi connectivity index (χ0) is 15.6. The number of carboxylic acids is 1. The van der Waals surface area contributed by atoms with Crippen molar-refractivity contribution >= 4 is 16.0 Å². The zero-order valence-electron chi connectivity index (χ0n) is 9.89. The van der Waals surface area contributed by atoms with Gasteiger partial charge in [0.25, 0.3) is 0 Å². The predicted molar refractivity (Wildman–Crippen MR) is 62.2 cm³/mol. The van der Waals surface area contributed by atoms with Gasteiger partial charge < -0.3 is 10.8 Å². The van der Waals surface area contributed by atoms with Crippen LogP contribution < -0.4 is 10.5 Å². The minimum Gasteiger partial charge on any atom is -0.480 e. The smallest absolute Gasteiger partial charge is 0.416 e. The van der Waals surface area contributed by atoms with Gasteiger partial charge in [-0.15, -0.1) is 0 Å². The van der Waals surface area contributed by atoms with E-state index in [4.69, 9.17) is 10.8 Å². The zero-order valence-corrected chi connectivity index (χ0v) is 10.7. The number of carbonyl (C=O) groups is 1. The lowest BCUT2D eigenvalue weighted by atomic mass is 10.2. The molecule has 1 aromatic rings. The van der Waals surface area contributed by atoms with Crippen molar-refractivity contribution in [1.82, 2.24) is 4.72 Å². The van der Waals surface area contributed by atoms with Crippen molar-refractivity contribution in [3.63, 3.8) is 0 Å². The minimum atomic E-state index is -4.59. The number of hydrogen-bond donors (Lipinski definition) is 3. The van der Waals surface area contributed by atoms with Gasteiger partial charge in [0, 0.05) is 6.54 Å². The van der Waals surface area contributed by atoms with Crippen LogP contribution in [-0.4, -0.2) is 32.1 Å². The largest absolute Gasteiger partial charge is 0.480 e. The number of halogens is 3. The van der Waals surface area contributed by atoms with Crippen LogP contribution in [-0.2, 0) is 21.0 Å². The molecular formula is C10H11F3N2O4S. The first-order valence-electron chi connectivity index (χ1n) is 5.20. The Morgan fingerprint density at radius 2 is 1.80 bits per heavy atom. The number of rotatable bonds is 5. The molecule has 0 aromatic heterocycles. The Labute approximate surface area is 112 Å². The number of carboxylic acid groups (broad SMARTS) is 1. The van der Waals surface area contributed by atoms with E-state index in [1.807, 2.05) is 0 Å². The molecule has 0 heterocycles. The first-order chi connectivity index (χ1) is 9.08. The Kier molecular flexibility index (Phi) is 4.73. The summed E-state index contributed by atoms with van der Waals surface area (Å²) in [4.78, 5) is 10.2. The van der Waals surface area contributed by atoms with Crippen LogP contribution in [0.3, 0.4) is 0 Å². The first kappa shape index (κ1) is 16.4. The van der Waals surface area contributed by atoms with Crippen LogP contribution in [0.5, 0.6) is 0 Å². The molecule has 0 spiro atoms. The lowest BCUT2D eigenvalue weighted by Gasteiger charge is -2.13. The fourth-order valence-electron chi connectivity index (χ4n) is 1.28. The summed E-state index contributed by atoms with van der Waals surface area (Å²) in [7, 11) is -4.26. The molecule has 1 unspecified atom stereocenters. The highest BCUT2D eigenvalue weighted by molar-refractivity contribution is 7.89. The monoisotopic (exact) mass is 312 g/mol. The molecule has 1 aromatic carbocycles. The molecule has 0 aliphatic rings. The fourth-order valence-corrected chi connectivity index (χ4v) is 2.48. The molecule has 1 rings (SSSR count). The number of sulfonamides is 1. The normalized spacial score (nSPS) is 14.0. The average Bonchev–Trinajstić information content (AvgIpc) is 2.35. The maximum Gasteiger partial charge on any atom is 0.416 e. The van der Waals surface area contributed by atoms with Crippen molar-refractivity contribution in [3.05, 3.63) is 29.8 Å². The van der Waals surface area contributed by atoms with Crippen LogP contribution in [0.1, 0.15) is 5.56 Å². The Hall–Kier alpha value is -1.65. The molecule has 10 heteroatoms. The highest BCUT2D eigenvalue weighted by atomic mass is 32.2. The molecule has 1 atom stereocenters. The van der Waals surface area contributed by atoms with E-state index in [2.05, 4.69) is 0 Å².